The van der Waals surface area contributed by atoms with E-state index in [1.54, 1.807) is 6.07 Å². The predicted octanol–water partition coefficient (Wildman–Crippen LogP) is 6.74. The number of carbonyl (C=O) groups excluding carboxylic acids is 1. The molecule has 1 amide bonds. The molecule has 1 aromatic carbocycles. The fourth-order valence-corrected chi connectivity index (χ4v) is 5.20. The van der Waals surface area contributed by atoms with Crippen LogP contribution in [0.4, 0.5) is 9.18 Å². The number of amides is 1. The van der Waals surface area contributed by atoms with Gasteiger partial charge in [0.15, 0.2) is 8.32 Å². The van der Waals surface area contributed by atoms with E-state index in [1.165, 1.54) is 6.07 Å². The van der Waals surface area contributed by atoms with Gasteiger partial charge in [0.25, 0.3) is 0 Å². The van der Waals surface area contributed by atoms with Gasteiger partial charge in [-0.15, -0.1) is 0 Å². The first-order valence-corrected chi connectivity index (χ1v) is 15.0. The van der Waals surface area contributed by atoms with E-state index in [0.29, 0.717) is 19.7 Å². The maximum atomic E-state index is 14.1. The van der Waals surface area contributed by atoms with Gasteiger partial charge in [-0.2, -0.15) is 0 Å². The highest BCUT2D eigenvalue weighted by Gasteiger charge is 2.37. The molecule has 7 heteroatoms. The fraction of sp³-hybridized carbons (Fsp3) is 0.654. The second-order valence-corrected chi connectivity index (χ2v) is 16.6. The average molecular weight is 477 g/mol. The number of benzene rings is 1. The number of hydrogen-bond acceptors (Lipinski definition) is 3. The SMILES string of the molecule is CC(C)(C)OC(=O)N1CCC[C@H]1Cc1cn(CCO[Si](C)(C)C(C)(C)C)c2cc(F)ccc12. The largest absolute Gasteiger partial charge is 0.444 e. The molecule has 1 saturated heterocycles. The van der Waals surface area contributed by atoms with Crippen LogP contribution in [0.1, 0.15) is 59.9 Å². The van der Waals surface area contributed by atoms with Crippen LogP contribution in [0.5, 0.6) is 0 Å². The molecule has 0 saturated carbocycles. The Kier molecular flexibility index (Phi) is 7.35. The molecule has 1 aliphatic rings. The monoisotopic (exact) mass is 476 g/mol. The van der Waals surface area contributed by atoms with E-state index < -0.39 is 13.9 Å². The maximum Gasteiger partial charge on any atom is 0.410 e. The number of ether oxygens (including phenoxy) is 1. The first kappa shape index (κ1) is 25.8. The Balaban J connectivity index is 1.79. The topological polar surface area (TPSA) is 43.7 Å². The molecule has 0 N–H and O–H groups in total. The summed E-state index contributed by atoms with van der Waals surface area (Å²) in [5, 5.41) is 1.19. The van der Waals surface area contributed by atoms with Crippen LogP contribution >= 0.6 is 0 Å². The summed E-state index contributed by atoms with van der Waals surface area (Å²) in [6, 6.07) is 5.07. The molecular formula is C26H41FN2O3Si. The van der Waals surface area contributed by atoms with Gasteiger partial charge in [-0.3, -0.25) is 0 Å². The number of rotatable bonds is 6. The third-order valence-electron chi connectivity index (χ3n) is 6.99. The Bertz CT molecular complexity index is 988. The Morgan fingerprint density at radius 2 is 1.88 bits per heavy atom. The molecule has 2 aromatic rings. The van der Waals surface area contributed by atoms with Crippen LogP contribution in [-0.4, -0.2) is 48.7 Å². The van der Waals surface area contributed by atoms with Crippen molar-refractivity contribution in [1.82, 2.24) is 9.47 Å². The lowest BCUT2D eigenvalue weighted by atomic mass is 10.0. The van der Waals surface area contributed by atoms with Crippen molar-refractivity contribution in [2.75, 3.05) is 13.2 Å². The zero-order valence-electron chi connectivity index (χ0n) is 21.6. The predicted molar refractivity (Wildman–Crippen MR) is 135 cm³/mol. The summed E-state index contributed by atoms with van der Waals surface area (Å²) in [5.74, 6) is -0.241. The molecule has 0 aliphatic carbocycles. The molecule has 1 fully saturated rings. The van der Waals surface area contributed by atoms with Crippen LogP contribution in [0.25, 0.3) is 10.9 Å². The van der Waals surface area contributed by atoms with Gasteiger partial charge in [-0.25, -0.2) is 9.18 Å². The molecule has 1 aromatic heterocycles. The first-order chi connectivity index (χ1) is 15.2. The molecular weight excluding hydrogens is 435 g/mol. The van der Waals surface area contributed by atoms with E-state index in [9.17, 15) is 9.18 Å². The third kappa shape index (κ3) is 6.18. The molecule has 2 heterocycles. The average Bonchev–Trinajstić information content (AvgIpc) is 3.25. The number of aromatic nitrogens is 1. The van der Waals surface area contributed by atoms with Crippen LogP contribution in [0.3, 0.4) is 0 Å². The molecule has 5 nitrogen and oxygen atoms in total. The minimum atomic E-state index is -1.85. The first-order valence-electron chi connectivity index (χ1n) is 12.1. The smallest absolute Gasteiger partial charge is 0.410 e. The van der Waals surface area contributed by atoms with Crippen molar-refractivity contribution in [2.24, 2.45) is 0 Å². The zero-order chi connectivity index (χ0) is 24.6. The third-order valence-corrected chi connectivity index (χ3v) is 11.5. The molecule has 0 radical (unpaired) electrons. The van der Waals surface area contributed by atoms with Crippen molar-refractivity contribution < 1.29 is 18.3 Å². The van der Waals surface area contributed by atoms with Crippen molar-refractivity contribution in [3.8, 4) is 0 Å². The van der Waals surface area contributed by atoms with Crippen LogP contribution < -0.4 is 0 Å². The highest BCUT2D eigenvalue weighted by molar-refractivity contribution is 6.74. The second-order valence-electron chi connectivity index (χ2n) is 11.8. The summed E-state index contributed by atoms with van der Waals surface area (Å²) >= 11 is 0. The van der Waals surface area contributed by atoms with Gasteiger partial charge in [0.2, 0.25) is 0 Å². The standard InChI is InChI=1S/C26H41FN2O3Si/c1-25(2,3)32-24(30)29-13-9-10-21(29)16-19-18-28(23-17-20(27)11-12-22(19)23)14-15-31-33(7,8)26(4,5)6/h11-12,17-18,21H,9-10,13-16H2,1-8H3/t21-/m0/s1. The van der Waals surface area contributed by atoms with Crippen molar-refractivity contribution >= 4 is 25.3 Å². The van der Waals surface area contributed by atoms with E-state index >= 15 is 0 Å². The summed E-state index contributed by atoms with van der Waals surface area (Å²) in [7, 11) is -1.85. The Labute approximate surface area is 199 Å². The number of hydrogen-bond donors (Lipinski definition) is 0. The minimum Gasteiger partial charge on any atom is -0.444 e. The van der Waals surface area contributed by atoms with Gasteiger partial charge in [0, 0.05) is 30.7 Å². The Morgan fingerprint density at radius 1 is 1.18 bits per heavy atom. The van der Waals surface area contributed by atoms with Crippen LogP contribution in [0.2, 0.25) is 18.1 Å². The van der Waals surface area contributed by atoms with E-state index in [-0.39, 0.29) is 23.0 Å². The van der Waals surface area contributed by atoms with Crippen molar-refractivity contribution in [2.45, 2.75) is 97.1 Å². The summed E-state index contributed by atoms with van der Waals surface area (Å²) in [4.78, 5) is 14.6. The summed E-state index contributed by atoms with van der Waals surface area (Å²) < 4.78 is 28.2. The van der Waals surface area contributed by atoms with Crippen LogP contribution in [0, 0.1) is 5.82 Å². The van der Waals surface area contributed by atoms with Gasteiger partial charge < -0.3 is 18.6 Å². The minimum absolute atomic E-state index is 0.0902. The maximum absolute atomic E-state index is 14.1. The molecule has 3 rings (SSSR count). The normalized spacial score (nSPS) is 17.7. The van der Waals surface area contributed by atoms with E-state index in [2.05, 4.69) is 44.6 Å². The Morgan fingerprint density at radius 3 is 2.52 bits per heavy atom. The number of fused-ring (bicyclic) bond motifs is 1. The van der Waals surface area contributed by atoms with Gasteiger partial charge in [-0.1, -0.05) is 20.8 Å². The Hall–Kier alpha value is -1.86. The second kappa shape index (κ2) is 9.41. The van der Waals surface area contributed by atoms with Gasteiger partial charge in [0.1, 0.15) is 11.4 Å². The lowest BCUT2D eigenvalue weighted by molar-refractivity contribution is 0.0227. The fourth-order valence-electron chi connectivity index (χ4n) is 4.17. The summed E-state index contributed by atoms with van der Waals surface area (Å²) in [6.07, 6.45) is 4.52. The van der Waals surface area contributed by atoms with Crippen LogP contribution in [0.15, 0.2) is 24.4 Å². The number of nitrogens with zero attached hydrogens (tertiary/aromatic N) is 2. The number of likely N-dealkylation sites (tertiary alicyclic amines) is 1. The molecule has 0 bridgehead atoms. The molecule has 0 spiro atoms. The number of carbonyl (C=O) groups is 1. The highest BCUT2D eigenvalue weighted by Crippen LogP contribution is 2.36. The van der Waals surface area contributed by atoms with E-state index in [4.69, 9.17) is 9.16 Å². The van der Waals surface area contributed by atoms with Gasteiger partial charge in [0.05, 0.1) is 12.1 Å². The molecule has 1 aliphatic heterocycles. The van der Waals surface area contributed by atoms with Gasteiger partial charge in [-0.05, 0) is 81.9 Å². The number of halogens is 1. The zero-order valence-corrected chi connectivity index (χ0v) is 22.6. The van der Waals surface area contributed by atoms with Crippen molar-refractivity contribution in [1.29, 1.82) is 0 Å². The van der Waals surface area contributed by atoms with Gasteiger partial charge >= 0.3 is 6.09 Å². The lowest BCUT2D eigenvalue weighted by Crippen LogP contribution is -2.41. The highest BCUT2D eigenvalue weighted by atomic mass is 28.4. The summed E-state index contributed by atoms with van der Waals surface area (Å²) in [6.45, 7) is 18.9. The quantitative estimate of drug-likeness (QED) is 0.433. The van der Waals surface area contributed by atoms with Crippen molar-refractivity contribution in [3.05, 3.63) is 35.8 Å². The molecule has 33 heavy (non-hydrogen) atoms. The van der Waals surface area contributed by atoms with E-state index in [1.807, 2.05) is 31.7 Å². The molecule has 1 atom stereocenters. The lowest BCUT2D eigenvalue weighted by Gasteiger charge is -2.36. The summed E-state index contributed by atoms with van der Waals surface area (Å²) in [5.41, 5.74) is 1.51. The van der Waals surface area contributed by atoms with Crippen LogP contribution in [-0.2, 0) is 22.1 Å². The van der Waals surface area contributed by atoms with Crippen molar-refractivity contribution in [3.63, 3.8) is 0 Å². The molecule has 184 valence electrons. The molecule has 0 unspecified atom stereocenters. The van der Waals surface area contributed by atoms with E-state index in [0.717, 1.165) is 35.7 Å².